The highest BCUT2D eigenvalue weighted by molar-refractivity contribution is 8.14. The monoisotopic (exact) mass is 453 g/mol. The Kier molecular flexibility index (Phi) is 4.57. The number of carbonyl (C=O) groups excluding carboxylic acids is 2. The van der Waals surface area contributed by atoms with Crippen molar-refractivity contribution in [1.29, 1.82) is 5.41 Å². The number of allylic oxidation sites excluding steroid dienone is 3. The van der Waals surface area contributed by atoms with E-state index in [0.717, 1.165) is 27.7 Å². The van der Waals surface area contributed by atoms with E-state index in [9.17, 15) is 9.59 Å². The maximum atomic E-state index is 13.3. The molecule has 30 heavy (non-hydrogen) atoms. The van der Waals surface area contributed by atoms with Crippen LogP contribution in [-0.4, -0.2) is 41.7 Å². The van der Waals surface area contributed by atoms with E-state index in [1.165, 1.54) is 27.2 Å². The SMILES string of the molecule is CC1=C\c2nc3sccc3n2C(=O)CSC(=N)c2nc3sccc3n2C(=O)\C(C)=C\1. The van der Waals surface area contributed by atoms with Gasteiger partial charge in [-0.05, 0) is 48.4 Å². The Bertz CT molecular complexity index is 1430. The number of hydrogen-bond acceptors (Lipinski definition) is 8. The van der Waals surface area contributed by atoms with Crippen molar-refractivity contribution in [2.75, 3.05) is 5.75 Å². The van der Waals surface area contributed by atoms with E-state index in [1.807, 2.05) is 35.9 Å². The maximum absolute atomic E-state index is 13.3. The molecular formula is C20H15N5O2S3. The Morgan fingerprint density at radius 1 is 0.967 bits per heavy atom. The molecule has 1 aliphatic rings. The molecule has 0 amide bonds. The van der Waals surface area contributed by atoms with Gasteiger partial charge in [-0.1, -0.05) is 17.8 Å². The molecule has 0 saturated carbocycles. The minimum absolute atomic E-state index is 0.0428. The molecule has 0 saturated heterocycles. The number of aromatic nitrogens is 4. The molecule has 1 aliphatic heterocycles. The van der Waals surface area contributed by atoms with Gasteiger partial charge in [-0.2, -0.15) is 0 Å². The predicted molar refractivity (Wildman–Crippen MR) is 123 cm³/mol. The molecule has 0 aromatic carbocycles. The zero-order valence-corrected chi connectivity index (χ0v) is 18.5. The lowest BCUT2D eigenvalue weighted by atomic mass is 10.1. The van der Waals surface area contributed by atoms with Gasteiger partial charge in [0.1, 0.15) is 20.5 Å². The van der Waals surface area contributed by atoms with Gasteiger partial charge in [0, 0.05) is 5.57 Å². The molecule has 5 rings (SSSR count). The van der Waals surface area contributed by atoms with Gasteiger partial charge in [-0.3, -0.25) is 24.1 Å². The van der Waals surface area contributed by atoms with Crippen molar-refractivity contribution >= 4 is 78.1 Å². The van der Waals surface area contributed by atoms with Crippen LogP contribution in [0.25, 0.3) is 26.8 Å². The van der Waals surface area contributed by atoms with Crippen molar-refractivity contribution < 1.29 is 9.59 Å². The van der Waals surface area contributed by atoms with Gasteiger partial charge in [0.25, 0.3) is 5.91 Å². The van der Waals surface area contributed by atoms with Crippen molar-refractivity contribution in [2.24, 2.45) is 0 Å². The molecule has 0 unspecified atom stereocenters. The molecule has 0 bridgehead atoms. The molecule has 0 aliphatic carbocycles. The average Bonchev–Trinajstić information content (AvgIpc) is 3.44. The molecule has 0 fully saturated rings. The highest BCUT2D eigenvalue weighted by Crippen LogP contribution is 2.28. The first-order valence-corrected chi connectivity index (χ1v) is 11.8. The van der Waals surface area contributed by atoms with Crippen LogP contribution >= 0.6 is 34.4 Å². The lowest BCUT2D eigenvalue weighted by Gasteiger charge is -2.08. The molecule has 4 aromatic heterocycles. The molecule has 4 aromatic rings. The summed E-state index contributed by atoms with van der Waals surface area (Å²) in [5, 5.41) is 12.4. The van der Waals surface area contributed by atoms with Crippen molar-refractivity contribution in [1.82, 2.24) is 19.1 Å². The minimum atomic E-state index is -0.237. The normalized spacial score (nSPS) is 19.5. The van der Waals surface area contributed by atoms with E-state index >= 15 is 0 Å². The molecule has 0 spiro atoms. The number of nitrogens with zero attached hydrogens (tertiary/aromatic N) is 4. The number of hydrogen-bond donors (Lipinski definition) is 1. The van der Waals surface area contributed by atoms with E-state index in [4.69, 9.17) is 5.41 Å². The fourth-order valence-corrected chi connectivity index (χ4v) is 5.60. The number of thioether (sulfide) groups is 1. The summed E-state index contributed by atoms with van der Waals surface area (Å²) in [5.74, 6) is 0.427. The van der Waals surface area contributed by atoms with Crippen molar-refractivity contribution in [2.45, 2.75) is 13.8 Å². The fourth-order valence-electron chi connectivity index (χ4n) is 3.44. The Hall–Kier alpha value is -2.82. The van der Waals surface area contributed by atoms with Gasteiger partial charge in [0.2, 0.25) is 5.91 Å². The summed E-state index contributed by atoms with van der Waals surface area (Å²) in [7, 11) is 0. The van der Waals surface area contributed by atoms with E-state index in [0.29, 0.717) is 21.7 Å². The van der Waals surface area contributed by atoms with Gasteiger partial charge in [0.15, 0.2) is 5.82 Å². The highest BCUT2D eigenvalue weighted by Gasteiger charge is 2.24. The van der Waals surface area contributed by atoms with Crippen molar-refractivity contribution in [3.8, 4) is 0 Å². The second-order valence-electron chi connectivity index (χ2n) is 6.83. The second-order valence-corrected chi connectivity index (χ2v) is 9.61. The van der Waals surface area contributed by atoms with Crippen molar-refractivity contribution in [3.63, 3.8) is 0 Å². The third-order valence-corrected chi connectivity index (χ3v) is 7.18. The molecule has 0 radical (unpaired) electrons. The second kappa shape index (κ2) is 7.15. The zero-order valence-electron chi connectivity index (χ0n) is 16.0. The topological polar surface area (TPSA) is 93.6 Å². The first-order chi connectivity index (χ1) is 14.4. The molecule has 10 heteroatoms. The first-order valence-electron chi connectivity index (χ1n) is 9.02. The Morgan fingerprint density at radius 2 is 1.63 bits per heavy atom. The number of rotatable bonds is 0. The number of fused-ring (bicyclic) bond motifs is 6. The number of nitrogens with one attached hydrogen (secondary N) is 1. The van der Waals surface area contributed by atoms with Crippen LogP contribution in [0.3, 0.4) is 0 Å². The molecule has 150 valence electrons. The lowest BCUT2D eigenvalue weighted by Crippen LogP contribution is -2.19. The Labute approximate surface area is 183 Å². The van der Waals surface area contributed by atoms with Crippen LogP contribution in [0.5, 0.6) is 0 Å². The number of carbonyl (C=O) groups is 2. The summed E-state index contributed by atoms with van der Waals surface area (Å²) in [6.07, 6.45) is 3.58. The van der Waals surface area contributed by atoms with E-state index in [-0.39, 0.29) is 28.4 Å². The highest BCUT2D eigenvalue weighted by atomic mass is 32.2. The van der Waals surface area contributed by atoms with E-state index in [2.05, 4.69) is 9.97 Å². The summed E-state index contributed by atoms with van der Waals surface area (Å²) >= 11 is 3.96. The number of thiophene rings is 2. The van der Waals surface area contributed by atoms with Crippen LogP contribution < -0.4 is 0 Å². The van der Waals surface area contributed by atoms with Crippen LogP contribution in [0.2, 0.25) is 0 Å². The summed E-state index contributed by atoms with van der Waals surface area (Å²) in [6.45, 7) is 3.62. The Balaban J connectivity index is 1.71. The van der Waals surface area contributed by atoms with Crippen LogP contribution in [0.4, 0.5) is 0 Å². The van der Waals surface area contributed by atoms with Gasteiger partial charge in [0.05, 0.1) is 16.8 Å². The van der Waals surface area contributed by atoms with Gasteiger partial charge < -0.3 is 0 Å². The molecular weight excluding hydrogens is 438 g/mol. The molecule has 1 N–H and O–H groups in total. The summed E-state index contributed by atoms with van der Waals surface area (Å²) in [6, 6.07) is 3.70. The third-order valence-electron chi connectivity index (χ3n) is 4.73. The lowest BCUT2D eigenvalue weighted by molar-refractivity contribution is 0.0942. The van der Waals surface area contributed by atoms with Crippen LogP contribution in [0.15, 0.2) is 40.1 Å². The predicted octanol–water partition coefficient (Wildman–Crippen LogP) is 4.91. The quantitative estimate of drug-likeness (QED) is 0.408. The van der Waals surface area contributed by atoms with Gasteiger partial charge in [-0.15, -0.1) is 22.7 Å². The zero-order chi connectivity index (χ0) is 21.0. The third kappa shape index (κ3) is 2.99. The van der Waals surface area contributed by atoms with Crippen LogP contribution in [0, 0.1) is 5.41 Å². The van der Waals surface area contributed by atoms with E-state index in [1.54, 1.807) is 17.6 Å². The van der Waals surface area contributed by atoms with Crippen LogP contribution in [0.1, 0.15) is 35.1 Å². The largest absolute Gasteiger partial charge is 0.291 e. The van der Waals surface area contributed by atoms with Gasteiger partial charge in [-0.25, -0.2) is 9.97 Å². The fraction of sp³-hybridized carbons (Fsp3) is 0.150. The smallest absolute Gasteiger partial charge is 0.259 e. The standard InChI is InChI=1S/C20H15N5O2S3/c1-10-7-11(2)20(27)25-13-4-6-29-19(13)23-17(25)16(21)30-9-15(26)24-12-3-5-28-18(12)22-14(24)8-10/h3-8,21H,9H2,1-2H3/b10-8+,11-7+,21-16?. The first kappa shape index (κ1) is 19.2. The van der Waals surface area contributed by atoms with E-state index < -0.39 is 0 Å². The summed E-state index contributed by atoms with van der Waals surface area (Å²) in [5.41, 5.74) is 2.75. The summed E-state index contributed by atoms with van der Waals surface area (Å²) in [4.78, 5) is 36.9. The summed E-state index contributed by atoms with van der Waals surface area (Å²) < 4.78 is 3.06. The van der Waals surface area contributed by atoms with Crippen molar-refractivity contribution in [3.05, 3.63) is 51.8 Å². The van der Waals surface area contributed by atoms with Gasteiger partial charge >= 0.3 is 0 Å². The maximum Gasteiger partial charge on any atom is 0.259 e. The minimum Gasteiger partial charge on any atom is -0.291 e. The molecule has 7 nitrogen and oxygen atoms in total. The van der Waals surface area contributed by atoms with Crippen LogP contribution in [-0.2, 0) is 0 Å². The number of imidazole rings is 2. The molecule has 0 atom stereocenters. The average molecular weight is 454 g/mol. The molecule has 5 heterocycles. The Morgan fingerprint density at radius 3 is 2.37 bits per heavy atom.